The van der Waals surface area contributed by atoms with Gasteiger partial charge in [0.1, 0.15) is 11.2 Å². The molecular weight excluding hydrogens is 230 g/mol. The highest BCUT2D eigenvalue weighted by Gasteiger charge is 2.26. The van der Waals surface area contributed by atoms with Crippen LogP contribution in [0.3, 0.4) is 0 Å². The average molecular weight is 245 g/mol. The molecule has 1 aliphatic carbocycles. The number of nitro benzene ring substituents is 1. The lowest BCUT2D eigenvalue weighted by molar-refractivity contribution is -0.385. The fourth-order valence-electron chi connectivity index (χ4n) is 2.18. The summed E-state index contributed by atoms with van der Waals surface area (Å²) in [5.41, 5.74) is -0.618. The average Bonchev–Trinajstić information content (AvgIpc) is 2.38. The van der Waals surface area contributed by atoms with E-state index in [0.29, 0.717) is 18.4 Å². The molecule has 0 saturated heterocycles. The van der Waals surface area contributed by atoms with Crippen molar-refractivity contribution in [3.8, 4) is 11.8 Å². The molecule has 0 radical (unpaired) electrons. The van der Waals surface area contributed by atoms with Gasteiger partial charge in [0.15, 0.2) is 0 Å². The Kier molecular flexibility index (Phi) is 3.63. The van der Waals surface area contributed by atoms with Gasteiger partial charge in [-0.1, -0.05) is 30.4 Å². The fraction of sp³-hybridized carbons (Fsp3) is 0.429. The largest absolute Gasteiger partial charge is 0.378 e. The molecule has 4 heteroatoms. The maximum Gasteiger partial charge on any atom is 0.284 e. The van der Waals surface area contributed by atoms with Crippen molar-refractivity contribution in [1.82, 2.24) is 0 Å². The second kappa shape index (κ2) is 5.19. The molecular formula is C14H15NO3. The van der Waals surface area contributed by atoms with Crippen LogP contribution in [0.2, 0.25) is 0 Å². The molecule has 1 aliphatic rings. The second-order valence-electron chi connectivity index (χ2n) is 4.62. The maximum atomic E-state index is 10.8. The van der Waals surface area contributed by atoms with Gasteiger partial charge >= 0.3 is 0 Å². The molecule has 1 saturated carbocycles. The van der Waals surface area contributed by atoms with Crippen molar-refractivity contribution < 1.29 is 10.0 Å². The van der Waals surface area contributed by atoms with E-state index in [1.807, 2.05) is 0 Å². The first-order chi connectivity index (χ1) is 8.61. The summed E-state index contributed by atoms with van der Waals surface area (Å²) in [6.45, 7) is 0. The Bertz CT molecular complexity index is 507. The first-order valence-electron chi connectivity index (χ1n) is 6.10. The monoisotopic (exact) mass is 245 g/mol. The van der Waals surface area contributed by atoms with Crippen LogP contribution >= 0.6 is 0 Å². The second-order valence-corrected chi connectivity index (χ2v) is 4.62. The van der Waals surface area contributed by atoms with Crippen molar-refractivity contribution in [2.75, 3.05) is 0 Å². The Labute approximate surface area is 106 Å². The van der Waals surface area contributed by atoms with E-state index in [1.54, 1.807) is 18.2 Å². The number of nitro groups is 1. The number of benzene rings is 1. The zero-order valence-electron chi connectivity index (χ0n) is 10.1. The van der Waals surface area contributed by atoms with Crippen molar-refractivity contribution >= 4 is 5.69 Å². The number of nitrogens with zero attached hydrogens (tertiary/aromatic N) is 1. The first-order valence-corrected chi connectivity index (χ1v) is 6.10. The molecule has 4 nitrogen and oxygen atoms in total. The summed E-state index contributed by atoms with van der Waals surface area (Å²) in [5.74, 6) is 5.57. The molecule has 0 bridgehead atoms. The molecule has 1 N–H and O–H groups in total. The topological polar surface area (TPSA) is 63.4 Å². The summed E-state index contributed by atoms with van der Waals surface area (Å²) in [6.07, 6.45) is 4.35. The smallest absolute Gasteiger partial charge is 0.284 e. The first kappa shape index (κ1) is 12.6. The van der Waals surface area contributed by atoms with Gasteiger partial charge in [-0.15, -0.1) is 0 Å². The van der Waals surface area contributed by atoms with E-state index in [9.17, 15) is 15.2 Å². The Morgan fingerprint density at radius 2 is 1.89 bits per heavy atom. The maximum absolute atomic E-state index is 10.8. The molecule has 2 rings (SSSR count). The third kappa shape index (κ3) is 2.88. The Morgan fingerprint density at radius 1 is 1.22 bits per heavy atom. The summed E-state index contributed by atoms with van der Waals surface area (Å²) >= 11 is 0. The molecule has 0 spiro atoms. The van der Waals surface area contributed by atoms with Crippen molar-refractivity contribution in [1.29, 1.82) is 0 Å². The Morgan fingerprint density at radius 3 is 2.56 bits per heavy atom. The van der Waals surface area contributed by atoms with Crippen LogP contribution in [0.15, 0.2) is 24.3 Å². The quantitative estimate of drug-likeness (QED) is 0.470. The normalized spacial score (nSPS) is 17.6. The minimum Gasteiger partial charge on any atom is -0.378 e. The SMILES string of the molecule is O=[N+]([O-])c1ccccc1C#CC1(O)CCCCC1. The summed E-state index contributed by atoms with van der Waals surface area (Å²) in [7, 11) is 0. The molecule has 0 aliphatic heterocycles. The van der Waals surface area contributed by atoms with Crippen LogP contribution in [0.25, 0.3) is 0 Å². The van der Waals surface area contributed by atoms with Gasteiger partial charge in [-0.2, -0.15) is 0 Å². The molecule has 0 heterocycles. The van der Waals surface area contributed by atoms with Gasteiger partial charge in [0.25, 0.3) is 5.69 Å². The van der Waals surface area contributed by atoms with Crippen molar-refractivity contribution in [3.63, 3.8) is 0 Å². The number of aliphatic hydroxyl groups is 1. The highest BCUT2D eigenvalue weighted by molar-refractivity contribution is 5.51. The zero-order chi connectivity index (χ0) is 13.0. The van der Waals surface area contributed by atoms with E-state index in [-0.39, 0.29) is 5.69 Å². The van der Waals surface area contributed by atoms with E-state index in [0.717, 1.165) is 19.3 Å². The fourth-order valence-corrected chi connectivity index (χ4v) is 2.18. The zero-order valence-corrected chi connectivity index (χ0v) is 10.1. The summed E-state index contributed by atoms with van der Waals surface area (Å²) in [5, 5.41) is 21.0. The highest BCUT2D eigenvalue weighted by atomic mass is 16.6. The van der Waals surface area contributed by atoms with Gasteiger partial charge in [0.05, 0.1) is 4.92 Å². The van der Waals surface area contributed by atoms with E-state index >= 15 is 0 Å². The minimum absolute atomic E-state index is 0.00981. The molecule has 1 aromatic rings. The molecule has 94 valence electrons. The van der Waals surface area contributed by atoms with E-state index < -0.39 is 10.5 Å². The van der Waals surface area contributed by atoms with Crippen LogP contribution in [0.4, 0.5) is 5.69 Å². The molecule has 0 unspecified atom stereocenters. The van der Waals surface area contributed by atoms with Crippen LogP contribution in [0.1, 0.15) is 37.7 Å². The van der Waals surface area contributed by atoms with Gasteiger partial charge in [-0.3, -0.25) is 10.1 Å². The van der Waals surface area contributed by atoms with Crippen LogP contribution in [-0.2, 0) is 0 Å². The lowest BCUT2D eigenvalue weighted by atomic mass is 9.85. The van der Waals surface area contributed by atoms with Crippen LogP contribution in [-0.4, -0.2) is 15.6 Å². The molecule has 1 aromatic carbocycles. The summed E-state index contributed by atoms with van der Waals surface area (Å²) in [6, 6.07) is 6.35. The van der Waals surface area contributed by atoms with Crippen molar-refractivity contribution in [3.05, 3.63) is 39.9 Å². The van der Waals surface area contributed by atoms with E-state index in [2.05, 4.69) is 11.8 Å². The third-order valence-corrected chi connectivity index (χ3v) is 3.21. The lowest BCUT2D eigenvalue weighted by Crippen LogP contribution is -2.29. The predicted molar refractivity (Wildman–Crippen MR) is 68.0 cm³/mol. The predicted octanol–water partition coefficient (Wildman–Crippen LogP) is 2.64. The van der Waals surface area contributed by atoms with Crippen LogP contribution < -0.4 is 0 Å². The van der Waals surface area contributed by atoms with E-state index in [4.69, 9.17) is 0 Å². The molecule has 18 heavy (non-hydrogen) atoms. The Balaban J connectivity index is 2.26. The van der Waals surface area contributed by atoms with Gasteiger partial charge in [0, 0.05) is 6.07 Å². The lowest BCUT2D eigenvalue weighted by Gasteiger charge is -2.26. The highest BCUT2D eigenvalue weighted by Crippen LogP contribution is 2.27. The van der Waals surface area contributed by atoms with Crippen LogP contribution in [0, 0.1) is 22.0 Å². The molecule has 0 atom stereocenters. The number of hydrogen-bond donors (Lipinski definition) is 1. The van der Waals surface area contributed by atoms with E-state index in [1.165, 1.54) is 6.07 Å². The summed E-state index contributed by atoms with van der Waals surface area (Å²) in [4.78, 5) is 10.4. The van der Waals surface area contributed by atoms with Crippen LogP contribution in [0.5, 0.6) is 0 Å². The van der Waals surface area contributed by atoms with Gasteiger partial charge < -0.3 is 5.11 Å². The molecule has 1 fully saturated rings. The van der Waals surface area contributed by atoms with Gasteiger partial charge in [-0.25, -0.2) is 0 Å². The third-order valence-electron chi connectivity index (χ3n) is 3.21. The number of rotatable bonds is 1. The standard InChI is InChI=1S/C14H15NO3/c16-14(9-4-1-5-10-14)11-8-12-6-2-3-7-13(12)15(17)18/h2-3,6-7,16H,1,4-5,9-10H2. The molecule has 0 aromatic heterocycles. The Hall–Kier alpha value is -1.86. The minimum atomic E-state index is -0.970. The van der Waals surface area contributed by atoms with Gasteiger partial charge in [-0.05, 0) is 31.7 Å². The van der Waals surface area contributed by atoms with Crippen molar-refractivity contribution in [2.24, 2.45) is 0 Å². The van der Waals surface area contributed by atoms with Crippen molar-refractivity contribution in [2.45, 2.75) is 37.7 Å². The summed E-state index contributed by atoms with van der Waals surface area (Å²) < 4.78 is 0. The molecule has 0 amide bonds. The number of para-hydroxylation sites is 1. The number of hydrogen-bond acceptors (Lipinski definition) is 3. The van der Waals surface area contributed by atoms with Gasteiger partial charge in [0.2, 0.25) is 0 Å².